The van der Waals surface area contributed by atoms with Crippen LogP contribution >= 0.6 is 0 Å². The maximum absolute atomic E-state index is 12.7. The van der Waals surface area contributed by atoms with Crippen molar-refractivity contribution in [2.45, 2.75) is 32.7 Å². The van der Waals surface area contributed by atoms with E-state index in [4.69, 9.17) is 5.73 Å². The van der Waals surface area contributed by atoms with Crippen molar-refractivity contribution in [3.8, 4) is 0 Å². The molecule has 4 heteroatoms. The SMILES string of the molecule is CC1CC(CN)(C(=O)N2CC(C)C(N(C)C)C2)C1. The smallest absolute Gasteiger partial charge is 0.230 e. The summed E-state index contributed by atoms with van der Waals surface area (Å²) in [4.78, 5) is 16.9. The van der Waals surface area contributed by atoms with Crippen molar-refractivity contribution in [2.24, 2.45) is 23.0 Å². The van der Waals surface area contributed by atoms with E-state index >= 15 is 0 Å². The molecule has 1 amide bonds. The van der Waals surface area contributed by atoms with E-state index in [-0.39, 0.29) is 5.41 Å². The highest BCUT2D eigenvalue weighted by Gasteiger charge is 2.50. The summed E-state index contributed by atoms with van der Waals surface area (Å²) >= 11 is 0. The molecule has 1 aliphatic heterocycles. The van der Waals surface area contributed by atoms with Crippen LogP contribution in [0.25, 0.3) is 0 Å². The van der Waals surface area contributed by atoms with Gasteiger partial charge in [-0.15, -0.1) is 0 Å². The lowest BCUT2D eigenvalue weighted by atomic mass is 9.62. The van der Waals surface area contributed by atoms with Gasteiger partial charge in [0.25, 0.3) is 0 Å². The summed E-state index contributed by atoms with van der Waals surface area (Å²) < 4.78 is 0. The van der Waals surface area contributed by atoms with Gasteiger partial charge >= 0.3 is 0 Å². The van der Waals surface area contributed by atoms with Crippen molar-refractivity contribution in [2.75, 3.05) is 33.7 Å². The van der Waals surface area contributed by atoms with Gasteiger partial charge in [-0.1, -0.05) is 13.8 Å². The summed E-state index contributed by atoms with van der Waals surface area (Å²) in [6.07, 6.45) is 1.94. The second-order valence-corrected chi connectivity index (χ2v) is 6.72. The molecule has 1 saturated heterocycles. The summed E-state index contributed by atoms with van der Waals surface area (Å²) in [5, 5.41) is 0. The van der Waals surface area contributed by atoms with Crippen molar-refractivity contribution in [3.05, 3.63) is 0 Å². The summed E-state index contributed by atoms with van der Waals surface area (Å²) in [5.74, 6) is 1.51. The highest BCUT2D eigenvalue weighted by molar-refractivity contribution is 5.84. The standard InChI is InChI=1S/C14H27N3O/c1-10-5-14(6-10,9-15)13(18)17-7-11(2)12(8-17)16(3)4/h10-12H,5-9,15H2,1-4H3. The lowest BCUT2D eigenvalue weighted by Gasteiger charge is -2.46. The molecule has 1 saturated carbocycles. The van der Waals surface area contributed by atoms with E-state index in [2.05, 4.69) is 32.8 Å². The van der Waals surface area contributed by atoms with Crippen LogP contribution in [0.4, 0.5) is 0 Å². The van der Waals surface area contributed by atoms with Gasteiger partial charge in [-0.05, 0) is 38.8 Å². The molecule has 2 N–H and O–H groups in total. The number of hydrogen-bond donors (Lipinski definition) is 1. The van der Waals surface area contributed by atoms with Crippen LogP contribution in [-0.2, 0) is 4.79 Å². The number of carbonyl (C=O) groups excluding carboxylic acids is 1. The predicted molar refractivity (Wildman–Crippen MR) is 73.1 cm³/mol. The minimum absolute atomic E-state index is 0.236. The first-order valence-corrected chi connectivity index (χ1v) is 7.05. The van der Waals surface area contributed by atoms with E-state index in [0.29, 0.717) is 30.3 Å². The number of rotatable bonds is 3. The second-order valence-electron chi connectivity index (χ2n) is 6.72. The van der Waals surface area contributed by atoms with Gasteiger partial charge in [-0.3, -0.25) is 4.79 Å². The Morgan fingerprint density at radius 1 is 1.33 bits per heavy atom. The highest BCUT2D eigenvalue weighted by Crippen LogP contribution is 2.46. The Labute approximate surface area is 110 Å². The molecule has 0 aromatic carbocycles. The van der Waals surface area contributed by atoms with Crippen LogP contribution < -0.4 is 5.73 Å². The lowest BCUT2D eigenvalue weighted by molar-refractivity contribution is -0.148. The van der Waals surface area contributed by atoms with E-state index in [1.54, 1.807) is 0 Å². The topological polar surface area (TPSA) is 49.6 Å². The third-order valence-corrected chi connectivity index (χ3v) is 4.85. The van der Waals surface area contributed by atoms with Crippen molar-refractivity contribution < 1.29 is 4.79 Å². The second kappa shape index (κ2) is 4.82. The number of carbonyl (C=O) groups is 1. The Bertz CT molecular complexity index is 323. The molecule has 0 radical (unpaired) electrons. The Hall–Kier alpha value is -0.610. The minimum Gasteiger partial charge on any atom is -0.340 e. The third kappa shape index (κ3) is 2.16. The van der Waals surface area contributed by atoms with Crippen LogP contribution in [0.5, 0.6) is 0 Å². The van der Waals surface area contributed by atoms with Crippen molar-refractivity contribution >= 4 is 5.91 Å². The van der Waals surface area contributed by atoms with Gasteiger partial charge in [0.15, 0.2) is 0 Å². The summed E-state index contributed by atoms with van der Waals surface area (Å²) in [6, 6.07) is 0.487. The van der Waals surface area contributed by atoms with Crippen molar-refractivity contribution in [1.29, 1.82) is 0 Å². The molecule has 18 heavy (non-hydrogen) atoms. The summed E-state index contributed by atoms with van der Waals surface area (Å²) in [7, 11) is 4.19. The number of amides is 1. The molecule has 2 aliphatic rings. The Balaban J connectivity index is 2.03. The Morgan fingerprint density at radius 2 is 1.94 bits per heavy atom. The zero-order valence-electron chi connectivity index (χ0n) is 12.1. The van der Waals surface area contributed by atoms with Crippen LogP contribution in [0.3, 0.4) is 0 Å². The molecule has 4 nitrogen and oxygen atoms in total. The summed E-state index contributed by atoms with van der Waals surface area (Å²) in [6.45, 7) is 6.70. The molecular weight excluding hydrogens is 226 g/mol. The fourth-order valence-electron chi connectivity index (χ4n) is 3.83. The predicted octanol–water partition coefficient (Wildman–Crippen LogP) is 0.770. The normalized spacial score (nSPS) is 40.1. The van der Waals surface area contributed by atoms with E-state index in [0.717, 1.165) is 25.9 Å². The fourth-order valence-corrected chi connectivity index (χ4v) is 3.83. The maximum Gasteiger partial charge on any atom is 0.230 e. The van der Waals surface area contributed by atoms with Gasteiger partial charge in [-0.25, -0.2) is 0 Å². The lowest BCUT2D eigenvalue weighted by Crippen LogP contribution is -2.54. The Kier molecular flexibility index (Phi) is 3.70. The van der Waals surface area contributed by atoms with Crippen LogP contribution in [-0.4, -0.2) is 55.5 Å². The molecule has 0 bridgehead atoms. The first-order valence-electron chi connectivity index (χ1n) is 7.05. The molecule has 2 fully saturated rings. The molecule has 0 aromatic rings. The number of nitrogens with two attached hydrogens (primary N) is 1. The van der Waals surface area contributed by atoms with Crippen molar-refractivity contribution in [3.63, 3.8) is 0 Å². The van der Waals surface area contributed by atoms with Crippen LogP contribution in [0.2, 0.25) is 0 Å². The van der Waals surface area contributed by atoms with Gasteiger partial charge in [-0.2, -0.15) is 0 Å². The van der Waals surface area contributed by atoms with Gasteiger partial charge in [0.05, 0.1) is 5.41 Å². The molecule has 1 heterocycles. The molecule has 0 aromatic heterocycles. The first-order chi connectivity index (χ1) is 8.39. The van der Waals surface area contributed by atoms with E-state index < -0.39 is 0 Å². The average molecular weight is 253 g/mol. The molecule has 104 valence electrons. The molecule has 2 unspecified atom stereocenters. The Morgan fingerprint density at radius 3 is 2.33 bits per heavy atom. The zero-order valence-corrected chi connectivity index (χ0v) is 12.1. The maximum atomic E-state index is 12.7. The van der Waals surface area contributed by atoms with E-state index in [1.807, 2.05) is 4.90 Å². The zero-order chi connectivity index (χ0) is 13.5. The first kappa shape index (κ1) is 13.8. The van der Waals surface area contributed by atoms with Crippen LogP contribution in [0.15, 0.2) is 0 Å². The quantitative estimate of drug-likeness (QED) is 0.808. The summed E-state index contributed by atoms with van der Waals surface area (Å²) in [5.41, 5.74) is 5.63. The van der Waals surface area contributed by atoms with Crippen molar-refractivity contribution in [1.82, 2.24) is 9.80 Å². The van der Waals surface area contributed by atoms with E-state index in [1.165, 1.54) is 0 Å². The average Bonchev–Trinajstić information content (AvgIpc) is 2.66. The van der Waals surface area contributed by atoms with Gasteiger partial charge in [0.2, 0.25) is 5.91 Å². The third-order valence-electron chi connectivity index (χ3n) is 4.85. The molecule has 0 spiro atoms. The van der Waals surface area contributed by atoms with Gasteiger partial charge in [0.1, 0.15) is 0 Å². The van der Waals surface area contributed by atoms with Gasteiger partial charge < -0.3 is 15.5 Å². The highest BCUT2D eigenvalue weighted by atomic mass is 16.2. The number of nitrogens with zero attached hydrogens (tertiary/aromatic N) is 2. The minimum atomic E-state index is -0.236. The molecular formula is C14H27N3O. The van der Waals surface area contributed by atoms with Crippen LogP contribution in [0.1, 0.15) is 26.7 Å². The molecule has 2 atom stereocenters. The number of likely N-dealkylation sites (tertiary alicyclic amines) is 1. The largest absolute Gasteiger partial charge is 0.340 e. The monoisotopic (exact) mass is 253 g/mol. The number of hydrogen-bond acceptors (Lipinski definition) is 3. The van der Waals surface area contributed by atoms with Gasteiger partial charge in [0, 0.05) is 25.7 Å². The molecule has 2 rings (SSSR count). The van der Waals surface area contributed by atoms with Crippen LogP contribution in [0, 0.1) is 17.3 Å². The number of likely N-dealkylation sites (N-methyl/N-ethyl adjacent to an activating group) is 1. The van der Waals surface area contributed by atoms with E-state index in [9.17, 15) is 4.79 Å². The molecule has 1 aliphatic carbocycles. The fraction of sp³-hybridized carbons (Fsp3) is 0.929.